The first-order valence-electron chi connectivity index (χ1n) is 9.22. The maximum Gasteiger partial charge on any atom is 0.340 e. The highest BCUT2D eigenvalue weighted by molar-refractivity contribution is 6.33. The molecule has 0 aromatic heterocycles. The second-order valence-electron chi connectivity index (χ2n) is 8.21. The number of halogens is 1. The average Bonchev–Trinajstić information content (AvgIpc) is 2.53. The molecule has 4 fully saturated rings. The van der Waals surface area contributed by atoms with Crippen molar-refractivity contribution in [2.75, 3.05) is 0 Å². The zero-order valence-corrected chi connectivity index (χ0v) is 15.2. The van der Waals surface area contributed by atoms with Crippen LogP contribution in [0.5, 0.6) is 0 Å². The van der Waals surface area contributed by atoms with Crippen molar-refractivity contribution in [2.45, 2.75) is 57.1 Å². The van der Waals surface area contributed by atoms with Crippen LogP contribution in [0.3, 0.4) is 0 Å². The lowest BCUT2D eigenvalue weighted by atomic mass is 9.53. The third-order valence-corrected chi connectivity index (χ3v) is 6.50. The minimum absolute atomic E-state index is 0.0725. The zero-order valence-electron chi connectivity index (χ0n) is 14.5. The highest BCUT2D eigenvalue weighted by Gasteiger charge is 2.51. The lowest BCUT2D eigenvalue weighted by Gasteiger charge is -2.57. The summed E-state index contributed by atoms with van der Waals surface area (Å²) in [5.74, 6) is 1.52. The molecule has 1 atom stereocenters. The van der Waals surface area contributed by atoms with Crippen molar-refractivity contribution in [3.05, 3.63) is 34.9 Å². The topological polar surface area (TPSA) is 55.4 Å². The van der Waals surface area contributed by atoms with Gasteiger partial charge in [0.15, 0.2) is 6.10 Å². The van der Waals surface area contributed by atoms with Gasteiger partial charge >= 0.3 is 5.97 Å². The lowest BCUT2D eigenvalue weighted by molar-refractivity contribution is -0.134. The van der Waals surface area contributed by atoms with Gasteiger partial charge in [0.2, 0.25) is 0 Å². The Morgan fingerprint density at radius 2 is 1.68 bits per heavy atom. The normalized spacial score (nSPS) is 33.8. The Kier molecular flexibility index (Phi) is 4.27. The molecule has 1 N–H and O–H groups in total. The predicted molar refractivity (Wildman–Crippen MR) is 95.4 cm³/mol. The first-order valence-corrected chi connectivity index (χ1v) is 9.59. The van der Waals surface area contributed by atoms with Crippen LogP contribution >= 0.6 is 11.6 Å². The van der Waals surface area contributed by atoms with E-state index in [-0.39, 0.29) is 11.4 Å². The number of ether oxygens (including phenoxy) is 1. The second kappa shape index (κ2) is 6.31. The molecule has 0 aliphatic heterocycles. The van der Waals surface area contributed by atoms with E-state index in [9.17, 15) is 9.59 Å². The molecule has 4 saturated carbocycles. The molecule has 134 valence electrons. The number of hydrogen-bond donors (Lipinski definition) is 1. The van der Waals surface area contributed by atoms with Crippen LogP contribution in [-0.4, -0.2) is 23.5 Å². The van der Waals surface area contributed by atoms with Gasteiger partial charge in [-0.2, -0.15) is 0 Å². The van der Waals surface area contributed by atoms with E-state index in [4.69, 9.17) is 16.3 Å². The fourth-order valence-corrected chi connectivity index (χ4v) is 5.74. The van der Waals surface area contributed by atoms with Crippen molar-refractivity contribution in [2.24, 2.45) is 17.8 Å². The summed E-state index contributed by atoms with van der Waals surface area (Å²) in [6.07, 6.45) is 6.39. The van der Waals surface area contributed by atoms with Gasteiger partial charge in [0.25, 0.3) is 5.91 Å². The molecule has 1 aromatic carbocycles. The molecule has 5 rings (SSSR count). The molecule has 0 unspecified atom stereocenters. The number of benzene rings is 1. The van der Waals surface area contributed by atoms with Crippen LogP contribution in [-0.2, 0) is 9.53 Å². The number of rotatable bonds is 4. The number of nitrogens with one attached hydrogen (secondary N) is 1. The van der Waals surface area contributed by atoms with Crippen LogP contribution in [0.4, 0.5) is 0 Å². The molecule has 25 heavy (non-hydrogen) atoms. The van der Waals surface area contributed by atoms with Gasteiger partial charge in [-0.25, -0.2) is 4.79 Å². The molecule has 0 heterocycles. The largest absolute Gasteiger partial charge is 0.449 e. The van der Waals surface area contributed by atoms with Crippen molar-refractivity contribution >= 4 is 23.5 Å². The van der Waals surface area contributed by atoms with Gasteiger partial charge in [-0.3, -0.25) is 4.79 Å². The highest BCUT2D eigenvalue weighted by Crippen LogP contribution is 2.55. The highest BCUT2D eigenvalue weighted by atomic mass is 35.5. The summed E-state index contributed by atoms with van der Waals surface area (Å²) in [5, 5.41) is 3.58. The number of esters is 1. The molecule has 4 aliphatic carbocycles. The predicted octanol–water partition coefficient (Wildman–Crippen LogP) is 3.97. The van der Waals surface area contributed by atoms with E-state index in [2.05, 4.69) is 5.32 Å². The molecule has 1 aromatic rings. The minimum atomic E-state index is -0.822. The van der Waals surface area contributed by atoms with Crippen LogP contribution < -0.4 is 5.32 Å². The van der Waals surface area contributed by atoms with E-state index in [0.717, 1.165) is 37.0 Å². The van der Waals surface area contributed by atoms with Gasteiger partial charge in [0, 0.05) is 5.54 Å². The summed E-state index contributed by atoms with van der Waals surface area (Å²) in [7, 11) is 0. The summed E-state index contributed by atoms with van der Waals surface area (Å²) in [5.41, 5.74) is 0.218. The third-order valence-electron chi connectivity index (χ3n) is 6.17. The summed E-state index contributed by atoms with van der Waals surface area (Å²) in [4.78, 5) is 24.9. The fourth-order valence-electron chi connectivity index (χ4n) is 5.53. The van der Waals surface area contributed by atoms with Crippen LogP contribution in [0.25, 0.3) is 0 Å². The first-order chi connectivity index (χ1) is 11.9. The monoisotopic (exact) mass is 361 g/mol. The lowest BCUT2D eigenvalue weighted by Crippen LogP contribution is -2.61. The SMILES string of the molecule is C[C@H](OC(=O)c1ccccc1Cl)C(=O)NC12CC3CC(CC(C3)C1)C2. The van der Waals surface area contributed by atoms with E-state index in [0.29, 0.717) is 10.6 Å². The zero-order chi connectivity index (χ0) is 17.6. The minimum Gasteiger partial charge on any atom is -0.449 e. The molecule has 0 spiro atoms. The van der Waals surface area contributed by atoms with Crippen molar-refractivity contribution < 1.29 is 14.3 Å². The Hall–Kier alpha value is -1.55. The number of amides is 1. The van der Waals surface area contributed by atoms with Gasteiger partial charge in [-0.1, -0.05) is 23.7 Å². The van der Waals surface area contributed by atoms with Crippen LogP contribution in [0.15, 0.2) is 24.3 Å². The molecule has 4 nitrogen and oxygen atoms in total. The van der Waals surface area contributed by atoms with Crippen molar-refractivity contribution in [1.29, 1.82) is 0 Å². The molecule has 0 saturated heterocycles. The van der Waals surface area contributed by atoms with E-state index < -0.39 is 12.1 Å². The Balaban J connectivity index is 1.40. The van der Waals surface area contributed by atoms with E-state index in [1.807, 2.05) is 0 Å². The molecule has 4 aliphatic rings. The van der Waals surface area contributed by atoms with Crippen molar-refractivity contribution in [1.82, 2.24) is 5.32 Å². The van der Waals surface area contributed by atoms with Gasteiger partial charge in [-0.05, 0) is 75.3 Å². The van der Waals surface area contributed by atoms with Crippen molar-refractivity contribution in [3.8, 4) is 0 Å². The Labute approximate surface area is 153 Å². The van der Waals surface area contributed by atoms with Crippen LogP contribution in [0.2, 0.25) is 5.02 Å². The fraction of sp³-hybridized carbons (Fsp3) is 0.600. The third kappa shape index (κ3) is 3.29. The number of carbonyl (C=O) groups excluding carboxylic acids is 2. The van der Waals surface area contributed by atoms with Gasteiger partial charge in [0.05, 0.1) is 10.6 Å². The second-order valence-corrected chi connectivity index (χ2v) is 8.62. The van der Waals surface area contributed by atoms with E-state index >= 15 is 0 Å². The molecule has 5 heteroatoms. The number of hydrogen-bond acceptors (Lipinski definition) is 3. The number of carbonyl (C=O) groups is 2. The van der Waals surface area contributed by atoms with Crippen LogP contribution in [0, 0.1) is 17.8 Å². The standard InChI is InChI=1S/C20H24ClNO3/c1-12(25-19(24)16-4-2-3-5-17(16)21)18(23)22-20-9-13-6-14(10-20)8-15(7-13)11-20/h2-5,12-15H,6-11H2,1H3,(H,22,23)/t12-,13?,14?,15?,20?/m0/s1. The summed E-state index contributed by atoms with van der Waals surface area (Å²) in [6, 6.07) is 6.72. The smallest absolute Gasteiger partial charge is 0.340 e. The molecule has 4 bridgehead atoms. The Bertz CT molecular complexity index is 667. The molecule has 0 radical (unpaired) electrons. The Morgan fingerprint density at radius 3 is 2.24 bits per heavy atom. The summed E-state index contributed by atoms with van der Waals surface area (Å²) >= 11 is 6.03. The van der Waals surface area contributed by atoms with E-state index in [1.54, 1.807) is 31.2 Å². The van der Waals surface area contributed by atoms with Gasteiger partial charge < -0.3 is 10.1 Å². The molecular weight excluding hydrogens is 338 g/mol. The summed E-state index contributed by atoms with van der Waals surface area (Å²) in [6.45, 7) is 1.63. The quantitative estimate of drug-likeness (QED) is 0.825. The first kappa shape index (κ1) is 16.9. The molecular formula is C20H24ClNO3. The van der Waals surface area contributed by atoms with Crippen molar-refractivity contribution in [3.63, 3.8) is 0 Å². The maximum absolute atomic E-state index is 12.7. The Morgan fingerprint density at radius 1 is 1.12 bits per heavy atom. The average molecular weight is 362 g/mol. The van der Waals surface area contributed by atoms with Gasteiger partial charge in [0.1, 0.15) is 0 Å². The summed E-state index contributed by atoms with van der Waals surface area (Å²) < 4.78 is 5.36. The van der Waals surface area contributed by atoms with E-state index in [1.165, 1.54) is 19.3 Å². The molecule has 1 amide bonds. The van der Waals surface area contributed by atoms with Gasteiger partial charge in [-0.15, -0.1) is 0 Å². The maximum atomic E-state index is 12.7. The van der Waals surface area contributed by atoms with Crippen LogP contribution in [0.1, 0.15) is 55.8 Å².